The van der Waals surface area contributed by atoms with Crippen LogP contribution in [-0.2, 0) is 4.79 Å². The van der Waals surface area contributed by atoms with E-state index in [2.05, 4.69) is 5.32 Å². The Kier molecular flexibility index (Phi) is 5.58. The number of nitrogens with one attached hydrogen (secondary N) is 1. The molecule has 0 heterocycles. The Morgan fingerprint density at radius 2 is 2.32 bits per heavy atom. The number of likely N-dealkylation sites (N-methyl/N-ethyl adjacent to an activating group) is 1. The zero-order chi connectivity index (χ0) is 14.3. The summed E-state index contributed by atoms with van der Waals surface area (Å²) in [4.78, 5) is 13.5. The Morgan fingerprint density at radius 1 is 1.58 bits per heavy atom. The Balaban J connectivity index is 2.78. The van der Waals surface area contributed by atoms with E-state index in [0.29, 0.717) is 12.2 Å². The first kappa shape index (κ1) is 14.7. The van der Waals surface area contributed by atoms with E-state index < -0.39 is 5.91 Å². The highest BCUT2D eigenvalue weighted by Gasteiger charge is 2.10. The van der Waals surface area contributed by atoms with E-state index in [1.54, 1.807) is 18.0 Å². The van der Waals surface area contributed by atoms with Gasteiger partial charge in [0, 0.05) is 25.5 Å². The van der Waals surface area contributed by atoms with E-state index in [-0.39, 0.29) is 12.2 Å². The highest BCUT2D eigenvalue weighted by Crippen LogP contribution is 2.11. The van der Waals surface area contributed by atoms with Gasteiger partial charge in [0.1, 0.15) is 11.6 Å². The maximum Gasteiger partial charge on any atom is 0.267 e. The second-order valence-electron chi connectivity index (χ2n) is 4.18. The minimum Gasteiger partial charge on any atom is -0.395 e. The van der Waals surface area contributed by atoms with Crippen molar-refractivity contribution in [3.05, 3.63) is 41.6 Å². The van der Waals surface area contributed by atoms with Crippen molar-refractivity contribution in [1.82, 2.24) is 4.90 Å². The summed E-state index contributed by atoms with van der Waals surface area (Å²) in [7, 11) is 1.69. The summed E-state index contributed by atoms with van der Waals surface area (Å²) >= 11 is 0. The van der Waals surface area contributed by atoms with E-state index in [1.165, 1.54) is 6.20 Å². The van der Waals surface area contributed by atoms with Gasteiger partial charge < -0.3 is 15.3 Å². The first-order valence-electron chi connectivity index (χ1n) is 5.88. The summed E-state index contributed by atoms with van der Waals surface area (Å²) in [5.74, 6) is -0.460. The molecule has 0 bridgehead atoms. The molecule has 0 spiro atoms. The van der Waals surface area contributed by atoms with Crippen LogP contribution in [0.3, 0.4) is 0 Å². The van der Waals surface area contributed by atoms with Crippen molar-refractivity contribution in [3.63, 3.8) is 0 Å². The number of benzene rings is 1. The summed E-state index contributed by atoms with van der Waals surface area (Å²) < 4.78 is 0. The van der Waals surface area contributed by atoms with Gasteiger partial charge in [0.05, 0.1) is 6.61 Å². The summed E-state index contributed by atoms with van der Waals surface area (Å²) in [6.45, 7) is 2.25. The number of aliphatic hydroxyl groups excluding tert-OH is 1. The second-order valence-corrected chi connectivity index (χ2v) is 4.18. The zero-order valence-corrected chi connectivity index (χ0v) is 11.1. The quantitative estimate of drug-likeness (QED) is 0.616. The lowest BCUT2D eigenvalue weighted by Crippen LogP contribution is -2.20. The molecule has 2 N–H and O–H groups in total. The molecule has 1 amide bonds. The van der Waals surface area contributed by atoms with Gasteiger partial charge in [-0.1, -0.05) is 12.1 Å². The molecule has 5 nitrogen and oxygen atoms in total. The van der Waals surface area contributed by atoms with Gasteiger partial charge in [-0.05, 0) is 24.6 Å². The van der Waals surface area contributed by atoms with Gasteiger partial charge in [-0.15, -0.1) is 0 Å². The van der Waals surface area contributed by atoms with Crippen LogP contribution in [0.2, 0.25) is 0 Å². The number of aliphatic hydroxyl groups is 1. The molecule has 100 valence electrons. The summed E-state index contributed by atoms with van der Waals surface area (Å²) in [5, 5.41) is 20.4. The third kappa shape index (κ3) is 4.82. The van der Waals surface area contributed by atoms with Crippen molar-refractivity contribution in [2.24, 2.45) is 0 Å². The number of nitrogens with zero attached hydrogens (tertiary/aromatic N) is 2. The Labute approximate surface area is 112 Å². The normalized spacial score (nSPS) is 10.7. The molecule has 0 unspecified atom stereocenters. The second kappa shape index (κ2) is 7.19. The highest BCUT2D eigenvalue weighted by atomic mass is 16.3. The van der Waals surface area contributed by atoms with Gasteiger partial charge in [-0.2, -0.15) is 5.26 Å². The Bertz CT molecular complexity index is 518. The molecule has 0 aliphatic carbocycles. The van der Waals surface area contributed by atoms with Crippen molar-refractivity contribution in [2.45, 2.75) is 6.92 Å². The average molecular weight is 259 g/mol. The van der Waals surface area contributed by atoms with E-state index in [9.17, 15) is 4.79 Å². The van der Waals surface area contributed by atoms with Crippen LogP contribution in [0.15, 0.2) is 36.0 Å². The first-order valence-corrected chi connectivity index (χ1v) is 5.88. The standard InChI is InChI=1S/C14H17N3O2/c1-11-4-3-5-13(8-11)16-14(19)12(9-15)10-17(2)6-7-18/h3-5,8,10,18H,6-7H2,1-2H3,(H,16,19)/b12-10-. The number of amides is 1. The number of rotatable bonds is 5. The fraction of sp³-hybridized carbons (Fsp3) is 0.286. The van der Waals surface area contributed by atoms with E-state index in [0.717, 1.165) is 5.56 Å². The molecular formula is C14H17N3O2. The lowest BCUT2D eigenvalue weighted by Gasteiger charge is -2.12. The fourth-order valence-corrected chi connectivity index (χ4v) is 1.50. The van der Waals surface area contributed by atoms with Crippen LogP contribution in [0.25, 0.3) is 0 Å². The predicted molar refractivity (Wildman–Crippen MR) is 73.2 cm³/mol. The maximum absolute atomic E-state index is 11.9. The van der Waals surface area contributed by atoms with Crippen molar-refractivity contribution >= 4 is 11.6 Å². The van der Waals surface area contributed by atoms with Gasteiger partial charge in [0.25, 0.3) is 5.91 Å². The number of carbonyl (C=O) groups is 1. The number of nitriles is 1. The molecule has 5 heteroatoms. The van der Waals surface area contributed by atoms with Gasteiger partial charge in [0.2, 0.25) is 0 Å². The molecule has 1 aromatic carbocycles. The molecule has 0 radical (unpaired) electrons. The summed E-state index contributed by atoms with van der Waals surface area (Å²) in [6.07, 6.45) is 1.42. The van der Waals surface area contributed by atoms with Crippen molar-refractivity contribution in [3.8, 4) is 6.07 Å². The topological polar surface area (TPSA) is 76.4 Å². The van der Waals surface area contributed by atoms with Crippen LogP contribution in [0, 0.1) is 18.3 Å². The lowest BCUT2D eigenvalue weighted by atomic mass is 10.2. The Morgan fingerprint density at radius 3 is 2.89 bits per heavy atom. The number of anilines is 1. The summed E-state index contributed by atoms with van der Waals surface area (Å²) in [5.41, 5.74) is 1.67. The van der Waals surface area contributed by atoms with Crippen LogP contribution in [0.4, 0.5) is 5.69 Å². The third-order valence-electron chi connectivity index (χ3n) is 2.44. The van der Waals surface area contributed by atoms with Gasteiger partial charge >= 0.3 is 0 Å². The number of aryl methyl sites for hydroxylation is 1. The van der Waals surface area contributed by atoms with Crippen molar-refractivity contribution < 1.29 is 9.90 Å². The van der Waals surface area contributed by atoms with Crippen LogP contribution in [0.1, 0.15) is 5.56 Å². The lowest BCUT2D eigenvalue weighted by molar-refractivity contribution is -0.112. The molecular weight excluding hydrogens is 242 g/mol. The van der Waals surface area contributed by atoms with Crippen molar-refractivity contribution in [2.75, 3.05) is 25.5 Å². The highest BCUT2D eigenvalue weighted by molar-refractivity contribution is 6.06. The van der Waals surface area contributed by atoms with Gasteiger partial charge in [0.15, 0.2) is 0 Å². The molecule has 19 heavy (non-hydrogen) atoms. The molecule has 0 saturated heterocycles. The van der Waals surface area contributed by atoms with E-state index in [1.807, 2.05) is 31.2 Å². The number of hydrogen-bond acceptors (Lipinski definition) is 4. The maximum atomic E-state index is 11.9. The fourth-order valence-electron chi connectivity index (χ4n) is 1.50. The Hall–Kier alpha value is -2.32. The molecule has 1 aromatic rings. The van der Waals surface area contributed by atoms with Crippen LogP contribution in [-0.4, -0.2) is 36.1 Å². The molecule has 0 aromatic heterocycles. The molecule has 0 fully saturated rings. The monoisotopic (exact) mass is 259 g/mol. The van der Waals surface area contributed by atoms with E-state index >= 15 is 0 Å². The van der Waals surface area contributed by atoms with Gasteiger partial charge in [-0.3, -0.25) is 4.79 Å². The molecule has 0 aliphatic rings. The third-order valence-corrected chi connectivity index (χ3v) is 2.44. The number of carbonyl (C=O) groups excluding carboxylic acids is 1. The first-order chi connectivity index (χ1) is 9.06. The molecule has 1 rings (SSSR count). The predicted octanol–water partition coefficient (Wildman–Crippen LogP) is 1.27. The zero-order valence-electron chi connectivity index (χ0n) is 11.1. The largest absolute Gasteiger partial charge is 0.395 e. The van der Waals surface area contributed by atoms with Crippen LogP contribution >= 0.6 is 0 Å². The minimum absolute atomic E-state index is 0.00236. The number of hydrogen-bond donors (Lipinski definition) is 2. The molecule has 0 atom stereocenters. The SMILES string of the molecule is Cc1cccc(NC(=O)/C(C#N)=C\N(C)CCO)c1. The van der Waals surface area contributed by atoms with Crippen LogP contribution in [0.5, 0.6) is 0 Å². The average Bonchev–Trinajstić information content (AvgIpc) is 2.36. The smallest absolute Gasteiger partial charge is 0.267 e. The van der Waals surface area contributed by atoms with Crippen molar-refractivity contribution in [1.29, 1.82) is 5.26 Å². The minimum atomic E-state index is -0.460. The molecule has 0 saturated carbocycles. The van der Waals surface area contributed by atoms with E-state index in [4.69, 9.17) is 10.4 Å². The molecule has 0 aliphatic heterocycles. The van der Waals surface area contributed by atoms with Gasteiger partial charge in [-0.25, -0.2) is 0 Å². The summed E-state index contributed by atoms with van der Waals surface area (Å²) in [6, 6.07) is 9.19. The van der Waals surface area contributed by atoms with Crippen LogP contribution < -0.4 is 5.32 Å².